The first kappa shape index (κ1) is 11.6. The number of rotatable bonds is 2. The van der Waals surface area contributed by atoms with E-state index in [0.717, 1.165) is 0 Å². The maximum absolute atomic E-state index is 13.4. The number of likely N-dealkylation sites (tertiary alicyclic amines) is 1. The zero-order chi connectivity index (χ0) is 11.9. The van der Waals surface area contributed by atoms with Crippen LogP contribution in [0.1, 0.15) is 18.7 Å². The zero-order valence-electron chi connectivity index (χ0n) is 9.08. The van der Waals surface area contributed by atoms with Gasteiger partial charge in [-0.25, -0.2) is 4.39 Å². The molecule has 1 aromatic rings. The molecule has 1 fully saturated rings. The molecule has 4 N–H and O–H groups in total. The molecule has 0 saturated carbocycles. The van der Waals surface area contributed by atoms with E-state index in [2.05, 4.69) is 0 Å². The standard InChI is InChI=1S/C11H15ClFN3/c1-11(13)5-16(6-11)10(15)9-7(12)3-2-4-8(9)14/h2-4,10H,5-6,14-15H2,1H3. The zero-order valence-corrected chi connectivity index (χ0v) is 9.84. The van der Waals surface area contributed by atoms with Crippen molar-refractivity contribution < 1.29 is 4.39 Å². The van der Waals surface area contributed by atoms with E-state index in [-0.39, 0.29) is 0 Å². The Morgan fingerprint density at radius 1 is 1.50 bits per heavy atom. The maximum Gasteiger partial charge on any atom is 0.133 e. The number of hydrogen-bond acceptors (Lipinski definition) is 3. The maximum atomic E-state index is 13.4. The van der Waals surface area contributed by atoms with Gasteiger partial charge in [0.2, 0.25) is 0 Å². The third-order valence-corrected chi connectivity index (χ3v) is 3.17. The smallest absolute Gasteiger partial charge is 0.133 e. The Morgan fingerprint density at radius 2 is 2.12 bits per heavy atom. The topological polar surface area (TPSA) is 55.3 Å². The second-order valence-electron chi connectivity index (χ2n) is 4.51. The summed E-state index contributed by atoms with van der Waals surface area (Å²) in [6, 6.07) is 5.25. The normalized spacial score (nSPS) is 21.5. The molecule has 1 heterocycles. The molecule has 1 aliphatic rings. The van der Waals surface area contributed by atoms with Gasteiger partial charge in [-0.05, 0) is 19.1 Å². The highest BCUT2D eigenvalue weighted by atomic mass is 35.5. The fourth-order valence-corrected chi connectivity index (χ4v) is 2.34. The lowest BCUT2D eigenvalue weighted by Crippen LogP contribution is -2.59. The average molecular weight is 244 g/mol. The summed E-state index contributed by atoms with van der Waals surface area (Å²) in [5, 5.41) is 0.528. The van der Waals surface area contributed by atoms with Gasteiger partial charge in [0.25, 0.3) is 0 Å². The molecule has 88 valence electrons. The van der Waals surface area contributed by atoms with Crippen molar-refractivity contribution in [3.63, 3.8) is 0 Å². The summed E-state index contributed by atoms with van der Waals surface area (Å²) in [7, 11) is 0. The molecule has 0 aromatic heterocycles. The van der Waals surface area contributed by atoms with Crippen molar-refractivity contribution in [3.8, 4) is 0 Å². The largest absolute Gasteiger partial charge is 0.398 e. The van der Waals surface area contributed by atoms with Crippen molar-refractivity contribution in [2.24, 2.45) is 5.73 Å². The molecular weight excluding hydrogens is 229 g/mol. The number of alkyl halides is 1. The van der Waals surface area contributed by atoms with Crippen molar-refractivity contribution in [1.29, 1.82) is 0 Å². The van der Waals surface area contributed by atoms with Crippen molar-refractivity contribution in [2.45, 2.75) is 18.8 Å². The number of halogens is 2. The number of anilines is 1. The Labute approximate surface area is 99.2 Å². The number of benzene rings is 1. The van der Waals surface area contributed by atoms with Crippen LogP contribution in [0.15, 0.2) is 18.2 Å². The predicted molar refractivity (Wildman–Crippen MR) is 63.9 cm³/mol. The molecule has 1 saturated heterocycles. The van der Waals surface area contributed by atoms with Crippen LogP contribution in [0.2, 0.25) is 5.02 Å². The third kappa shape index (κ3) is 2.00. The Kier molecular flexibility index (Phi) is 2.82. The predicted octanol–water partition coefficient (Wildman–Crippen LogP) is 1.92. The Morgan fingerprint density at radius 3 is 2.62 bits per heavy atom. The van der Waals surface area contributed by atoms with Crippen molar-refractivity contribution >= 4 is 17.3 Å². The number of nitrogens with two attached hydrogens (primary N) is 2. The molecule has 0 radical (unpaired) electrons. The molecule has 0 bridgehead atoms. The van der Waals surface area contributed by atoms with Crippen LogP contribution in [0, 0.1) is 0 Å². The minimum absolute atomic E-state index is 0.318. The average Bonchev–Trinajstić information content (AvgIpc) is 2.13. The molecule has 1 aliphatic heterocycles. The second-order valence-corrected chi connectivity index (χ2v) is 4.91. The fraction of sp³-hybridized carbons (Fsp3) is 0.455. The van der Waals surface area contributed by atoms with Crippen molar-refractivity contribution in [2.75, 3.05) is 18.8 Å². The molecular formula is C11H15ClFN3. The van der Waals surface area contributed by atoms with Gasteiger partial charge >= 0.3 is 0 Å². The second kappa shape index (κ2) is 3.87. The summed E-state index contributed by atoms with van der Waals surface area (Å²) in [6.45, 7) is 2.20. The molecule has 1 atom stereocenters. The molecule has 0 aliphatic carbocycles. The highest BCUT2D eigenvalue weighted by Crippen LogP contribution is 2.35. The van der Waals surface area contributed by atoms with Gasteiger partial charge in [-0.1, -0.05) is 17.7 Å². The lowest BCUT2D eigenvalue weighted by atomic mass is 9.96. The van der Waals surface area contributed by atoms with Gasteiger partial charge < -0.3 is 11.5 Å². The number of nitrogen functional groups attached to an aromatic ring is 1. The van der Waals surface area contributed by atoms with Crippen LogP contribution in [-0.2, 0) is 0 Å². The summed E-state index contributed by atoms with van der Waals surface area (Å²) >= 11 is 6.04. The minimum atomic E-state index is -1.15. The lowest BCUT2D eigenvalue weighted by Gasteiger charge is -2.45. The van der Waals surface area contributed by atoms with Gasteiger partial charge in [0.1, 0.15) is 5.67 Å². The van der Waals surface area contributed by atoms with Crippen LogP contribution in [0.25, 0.3) is 0 Å². The van der Waals surface area contributed by atoms with Crippen LogP contribution < -0.4 is 11.5 Å². The molecule has 1 unspecified atom stereocenters. The first-order chi connectivity index (χ1) is 7.41. The van der Waals surface area contributed by atoms with Gasteiger partial charge in [-0.3, -0.25) is 4.90 Å². The van der Waals surface area contributed by atoms with Gasteiger partial charge in [0, 0.05) is 29.4 Å². The van der Waals surface area contributed by atoms with E-state index in [9.17, 15) is 4.39 Å². The van der Waals surface area contributed by atoms with Crippen LogP contribution in [0.5, 0.6) is 0 Å². The van der Waals surface area contributed by atoms with Crippen molar-refractivity contribution in [3.05, 3.63) is 28.8 Å². The molecule has 1 aromatic carbocycles. The van der Waals surface area contributed by atoms with Crippen molar-refractivity contribution in [1.82, 2.24) is 4.90 Å². The highest BCUT2D eigenvalue weighted by molar-refractivity contribution is 6.31. The summed E-state index contributed by atoms with van der Waals surface area (Å²) in [6.07, 6.45) is -0.433. The minimum Gasteiger partial charge on any atom is -0.398 e. The summed E-state index contributed by atoms with van der Waals surface area (Å²) < 4.78 is 13.4. The SMILES string of the molecule is CC1(F)CN(C(N)c2c(N)cccc2Cl)C1. The molecule has 3 nitrogen and oxygen atoms in total. The Balaban J connectivity index is 2.19. The van der Waals surface area contributed by atoms with Gasteiger partial charge in [0.15, 0.2) is 0 Å². The van der Waals surface area contributed by atoms with Crippen LogP contribution in [0.3, 0.4) is 0 Å². The summed E-state index contributed by atoms with van der Waals surface area (Å²) in [4.78, 5) is 1.82. The number of hydrogen-bond donors (Lipinski definition) is 2. The van der Waals surface area contributed by atoms with Gasteiger partial charge in [-0.15, -0.1) is 0 Å². The van der Waals surface area contributed by atoms with Crippen LogP contribution >= 0.6 is 11.6 Å². The monoisotopic (exact) mass is 243 g/mol. The fourth-order valence-electron chi connectivity index (χ4n) is 2.05. The third-order valence-electron chi connectivity index (χ3n) is 2.84. The van der Waals surface area contributed by atoms with E-state index in [1.807, 2.05) is 4.90 Å². The molecule has 2 rings (SSSR count). The van der Waals surface area contributed by atoms with Crippen LogP contribution in [-0.4, -0.2) is 23.7 Å². The summed E-state index contributed by atoms with van der Waals surface area (Å²) in [5.41, 5.74) is 11.9. The quantitative estimate of drug-likeness (QED) is 0.781. The van der Waals surface area contributed by atoms with E-state index in [4.69, 9.17) is 23.1 Å². The molecule has 0 spiro atoms. The number of nitrogens with zero attached hydrogens (tertiary/aromatic N) is 1. The van der Waals surface area contributed by atoms with Gasteiger partial charge in [0.05, 0.1) is 6.17 Å². The molecule has 16 heavy (non-hydrogen) atoms. The molecule has 5 heteroatoms. The van der Waals surface area contributed by atoms with E-state index < -0.39 is 11.8 Å². The first-order valence-electron chi connectivity index (χ1n) is 5.13. The van der Waals surface area contributed by atoms with Gasteiger partial charge in [-0.2, -0.15) is 0 Å². The van der Waals surface area contributed by atoms with E-state index in [0.29, 0.717) is 29.4 Å². The highest BCUT2D eigenvalue weighted by Gasteiger charge is 2.42. The first-order valence-corrected chi connectivity index (χ1v) is 5.51. The molecule has 0 amide bonds. The van der Waals surface area contributed by atoms with E-state index in [1.54, 1.807) is 25.1 Å². The van der Waals surface area contributed by atoms with Crippen LogP contribution in [0.4, 0.5) is 10.1 Å². The van der Waals surface area contributed by atoms with E-state index >= 15 is 0 Å². The Hall–Kier alpha value is -0.840. The Bertz CT molecular complexity index is 380. The van der Waals surface area contributed by atoms with E-state index in [1.165, 1.54) is 0 Å². The summed E-state index contributed by atoms with van der Waals surface area (Å²) in [5.74, 6) is 0. The lowest BCUT2D eigenvalue weighted by molar-refractivity contribution is -0.0439.